The SMILES string of the molecule is Cc1ccc(Sc2nc3ccc(N)cc3o2)cc1. The van der Waals surface area contributed by atoms with E-state index in [1.165, 1.54) is 17.3 Å². The Hall–Kier alpha value is -1.94. The summed E-state index contributed by atoms with van der Waals surface area (Å²) in [6.07, 6.45) is 0. The van der Waals surface area contributed by atoms with E-state index in [4.69, 9.17) is 10.2 Å². The third kappa shape index (κ3) is 2.19. The van der Waals surface area contributed by atoms with E-state index >= 15 is 0 Å². The molecule has 0 spiro atoms. The fraction of sp³-hybridized carbons (Fsp3) is 0.0714. The number of hydrogen-bond donors (Lipinski definition) is 1. The molecule has 1 aromatic heterocycles. The minimum Gasteiger partial charge on any atom is -0.431 e. The molecule has 3 aromatic rings. The van der Waals surface area contributed by atoms with Crippen molar-refractivity contribution in [2.45, 2.75) is 17.0 Å². The summed E-state index contributed by atoms with van der Waals surface area (Å²) in [5.41, 5.74) is 9.19. The number of oxazole rings is 1. The van der Waals surface area contributed by atoms with Gasteiger partial charge in [0, 0.05) is 16.6 Å². The van der Waals surface area contributed by atoms with Crippen LogP contribution >= 0.6 is 11.8 Å². The monoisotopic (exact) mass is 256 g/mol. The van der Waals surface area contributed by atoms with Gasteiger partial charge in [-0.15, -0.1) is 0 Å². The van der Waals surface area contributed by atoms with Gasteiger partial charge in [-0.1, -0.05) is 17.7 Å². The molecule has 0 fully saturated rings. The Bertz CT molecular complexity index is 689. The third-order valence-corrected chi connectivity index (χ3v) is 3.48. The van der Waals surface area contributed by atoms with Crippen molar-refractivity contribution in [3.8, 4) is 0 Å². The molecule has 0 bridgehead atoms. The van der Waals surface area contributed by atoms with Gasteiger partial charge in [-0.3, -0.25) is 0 Å². The highest BCUT2D eigenvalue weighted by molar-refractivity contribution is 7.99. The van der Waals surface area contributed by atoms with Crippen molar-refractivity contribution >= 4 is 28.5 Å². The summed E-state index contributed by atoms with van der Waals surface area (Å²) in [5.74, 6) is 0. The van der Waals surface area contributed by atoms with Crippen molar-refractivity contribution in [1.82, 2.24) is 4.98 Å². The Morgan fingerprint density at radius 1 is 1.11 bits per heavy atom. The Morgan fingerprint density at radius 3 is 2.67 bits per heavy atom. The minimum atomic E-state index is 0.638. The highest BCUT2D eigenvalue weighted by atomic mass is 32.2. The summed E-state index contributed by atoms with van der Waals surface area (Å²) < 4.78 is 5.65. The molecule has 3 rings (SSSR count). The lowest BCUT2D eigenvalue weighted by Gasteiger charge is -1.96. The van der Waals surface area contributed by atoms with Crippen LogP contribution in [0.15, 0.2) is 57.0 Å². The van der Waals surface area contributed by atoms with Crippen molar-refractivity contribution < 1.29 is 4.42 Å². The van der Waals surface area contributed by atoms with Gasteiger partial charge in [0.05, 0.1) is 0 Å². The number of aryl methyl sites for hydroxylation is 1. The molecular weight excluding hydrogens is 244 g/mol. The van der Waals surface area contributed by atoms with Crippen LogP contribution in [0.4, 0.5) is 5.69 Å². The molecule has 0 amide bonds. The quantitative estimate of drug-likeness (QED) is 0.707. The molecule has 3 nitrogen and oxygen atoms in total. The number of benzene rings is 2. The standard InChI is InChI=1S/C14H12N2OS/c1-9-2-5-11(6-3-9)18-14-16-12-7-4-10(15)8-13(12)17-14/h2-8H,15H2,1H3. The van der Waals surface area contributed by atoms with Crippen LogP contribution in [-0.2, 0) is 0 Å². The number of hydrogen-bond acceptors (Lipinski definition) is 4. The Labute approximate surface area is 109 Å². The average molecular weight is 256 g/mol. The van der Waals surface area contributed by atoms with Crippen molar-refractivity contribution in [2.75, 3.05) is 5.73 Å². The van der Waals surface area contributed by atoms with Crippen LogP contribution in [0.5, 0.6) is 0 Å². The van der Waals surface area contributed by atoms with Crippen LogP contribution in [0.3, 0.4) is 0 Å². The maximum Gasteiger partial charge on any atom is 0.261 e. The smallest absolute Gasteiger partial charge is 0.261 e. The van der Waals surface area contributed by atoms with Gasteiger partial charge in [0.15, 0.2) is 5.58 Å². The van der Waals surface area contributed by atoms with Gasteiger partial charge in [-0.2, -0.15) is 0 Å². The van der Waals surface area contributed by atoms with Gasteiger partial charge < -0.3 is 10.2 Å². The van der Waals surface area contributed by atoms with E-state index in [1.54, 1.807) is 6.07 Å². The zero-order valence-electron chi connectivity index (χ0n) is 9.88. The number of aromatic nitrogens is 1. The molecule has 2 aromatic carbocycles. The molecule has 18 heavy (non-hydrogen) atoms. The van der Waals surface area contributed by atoms with E-state index < -0.39 is 0 Å². The van der Waals surface area contributed by atoms with Crippen molar-refractivity contribution in [2.24, 2.45) is 0 Å². The normalized spacial score (nSPS) is 10.9. The fourth-order valence-corrected chi connectivity index (χ4v) is 2.42. The highest BCUT2D eigenvalue weighted by Crippen LogP contribution is 2.30. The second kappa shape index (κ2) is 4.38. The number of rotatable bonds is 2. The first-order valence-corrected chi connectivity index (χ1v) is 6.43. The molecule has 2 N–H and O–H groups in total. The summed E-state index contributed by atoms with van der Waals surface area (Å²) in [6, 6.07) is 13.7. The molecule has 0 aliphatic heterocycles. The first-order chi connectivity index (χ1) is 8.70. The summed E-state index contributed by atoms with van der Waals surface area (Å²) in [4.78, 5) is 5.52. The summed E-state index contributed by atoms with van der Waals surface area (Å²) in [6.45, 7) is 2.07. The molecule has 0 aliphatic rings. The van der Waals surface area contributed by atoms with Gasteiger partial charge >= 0.3 is 0 Å². The maximum absolute atomic E-state index is 5.71. The van der Waals surface area contributed by atoms with Crippen molar-refractivity contribution in [3.63, 3.8) is 0 Å². The molecule has 0 saturated carbocycles. The molecule has 0 saturated heterocycles. The Balaban J connectivity index is 1.92. The van der Waals surface area contributed by atoms with Crippen LogP contribution in [0, 0.1) is 6.92 Å². The van der Waals surface area contributed by atoms with Gasteiger partial charge in [0.2, 0.25) is 0 Å². The van der Waals surface area contributed by atoms with Gasteiger partial charge in [-0.05, 0) is 43.0 Å². The van der Waals surface area contributed by atoms with E-state index in [0.717, 1.165) is 16.0 Å². The van der Waals surface area contributed by atoms with E-state index in [2.05, 4.69) is 36.2 Å². The topological polar surface area (TPSA) is 52.0 Å². The van der Waals surface area contributed by atoms with Crippen molar-refractivity contribution in [3.05, 3.63) is 48.0 Å². The number of anilines is 1. The Kier molecular flexibility index (Phi) is 2.72. The van der Waals surface area contributed by atoms with Crippen molar-refractivity contribution in [1.29, 1.82) is 0 Å². The molecule has 4 heteroatoms. The van der Waals surface area contributed by atoms with Gasteiger partial charge in [-0.25, -0.2) is 4.98 Å². The van der Waals surface area contributed by atoms with E-state index in [0.29, 0.717) is 10.9 Å². The van der Waals surface area contributed by atoms with Gasteiger partial charge in [0.25, 0.3) is 5.22 Å². The van der Waals surface area contributed by atoms with E-state index in [-0.39, 0.29) is 0 Å². The number of fused-ring (bicyclic) bond motifs is 1. The lowest BCUT2D eigenvalue weighted by molar-refractivity contribution is 0.489. The lowest BCUT2D eigenvalue weighted by atomic mass is 10.2. The Morgan fingerprint density at radius 2 is 1.89 bits per heavy atom. The zero-order chi connectivity index (χ0) is 12.5. The maximum atomic E-state index is 5.71. The van der Waals surface area contributed by atoms with Crippen LogP contribution in [-0.4, -0.2) is 4.98 Å². The zero-order valence-corrected chi connectivity index (χ0v) is 10.7. The largest absolute Gasteiger partial charge is 0.431 e. The molecule has 0 unspecified atom stereocenters. The molecule has 0 aliphatic carbocycles. The number of nitrogens with zero attached hydrogens (tertiary/aromatic N) is 1. The molecule has 90 valence electrons. The number of nitrogen functional groups attached to an aromatic ring is 1. The first-order valence-electron chi connectivity index (χ1n) is 5.61. The van der Waals surface area contributed by atoms with Crippen LogP contribution in [0.1, 0.15) is 5.56 Å². The lowest BCUT2D eigenvalue weighted by Crippen LogP contribution is -1.81. The second-order valence-electron chi connectivity index (χ2n) is 4.12. The second-order valence-corrected chi connectivity index (χ2v) is 5.15. The highest BCUT2D eigenvalue weighted by Gasteiger charge is 2.07. The van der Waals surface area contributed by atoms with Crippen LogP contribution in [0.2, 0.25) is 0 Å². The molecule has 0 atom stereocenters. The molecule has 1 heterocycles. The average Bonchev–Trinajstić information content (AvgIpc) is 2.73. The summed E-state index contributed by atoms with van der Waals surface area (Å²) in [5, 5.41) is 0.638. The fourth-order valence-electron chi connectivity index (χ4n) is 1.67. The van der Waals surface area contributed by atoms with Gasteiger partial charge in [0.1, 0.15) is 5.52 Å². The van der Waals surface area contributed by atoms with Crippen LogP contribution < -0.4 is 5.73 Å². The van der Waals surface area contributed by atoms with E-state index in [1.807, 2.05) is 12.1 Å². The predicted octanol–water partition coefficient (Wildman–Crippen LogP) is 3.87. The van der Waals surface area contributed by atoms with E-state index in [9.17, 15) is 0 Å². The predicted molar refractivity (Wildman–Crippen MR) is 73.7 cm³/mol. The molecule has 0 radical (unpaired) electrons. The third-order valence-electron chi connectivity index (χ3n) is 2.62. The summed E-state index contributed by atoms with van der Waals surface area (Å²) in [7, 11) is 0. The summed E-state index contributed by atoms with van der Waals surface area (Å²) >= 11 is 1.51. The first kappa shape index (κ1) is 11.2. The number of nitrogens with two attached hydrogens (primary N) is 1. The minimum absolute atomic E-state index is 0.638. The molecular formula is C14H12N2OS. The van der Waals surface area contributed by atoms with Crippen LogP contribution in [0.25, 0.3) is 11.1 Å².